The van der Waals surface area contributed by atoms with Crippen molar-refractivity contribution in [2.75, 3.05) is 0 Å². The van der Waals surface area contributed by atoms with E-state index >= 15 is 0 Å². The van der Waals surface area contributed by atoms with Crippen LogP contribution in [0, 0.1) is 13.8 Å². The standard InChI is InChI=1S/C17H14BF6N3O/c1-8-4-10(5-9(2)14(8)18)11-7-15(28-26-11,17(22,23)24)13-6-12(16(19,20)21)25-27(13)3/h4-6H,7H2,1-3H3. The Labute approximate surface area is 157 Å². The summed E-state index contributed by atoms with van der Waals surface area (Å²) >= 11 is 0. The summed E-state index contributed by atoms with van der Waals surface area (Å²) in [6.45, 7) is 3.38. The van der Waals surface area contributed by atoms with E-state index in [9.17, 15) is 26.3 Å². The van der Waals surface area contributed by atoms with Crippen LogP contribution in [0.5, 0.6) is 0 Å². The number of benzene rings is 1. The maximum atomic E-state index is 14.0. The molecule has 0 bridgehead atoms. The Hall–Kier alpha value is -2.46. The van der Waals surface area contributed by atoms with Crippen LogP contribution in [-0.2, 0) is 23.7 Å². The van der Waals surface area contributed by atoms with E-state index < -0.39 is 35.8 Å². The normalized spacial score (nSPS) is 20.2. The Kier molecular flexibility index (Phi) is 4.55. The minimum Gasteiger partial charge on any atom is -0.372 e. The summed E-state index contributed by atoms with van der Waals surface area (Å²) in [7, 11) is 6.85. The lowest BCUT2D eigenvalue weighted by Gasteiger charge is -2.28. The molecule has 1 aliphatic heterocycles. The molecule has 1 atom stereocenters. The first-order chi connectivity index (χ1) is 12.8. The van der Waals surface area contributed by atoms with E-state index in [1.165, 1.54) is 0 Å². The average molecular weight is 401 g/mol. The Morgan fingerprint density at radius 3 is 2.11 bits per heavy atom. The van der Waals surface area contributed by atoms with Crippen molar-refractivity contribution in [1.82, 2.24) is 9.78 Å². The lowest BCUT2D eigenvalue weighted by atomic mass is 9.83. The molecule has 0 fully saturated rings. The molecule has 1 aromatic heterocycles. The molecule has 3 rings (SSSR count). The highest BCUT2D eigenvalue weighted by atomic mass is 19.4. The van der Waals surface area contributed by atoms with Crippen LogP contribution in [0.1, 0.15) is 34.5 Å². The number of rotatable bonds is 2. The second-order valence-electron chi connectivity index (χ2n) is 6.69. The highest BCUT2D eigenvalue weighted by Crippen LogP contribution is 2.49. The molecule has 1 aliphatic rings. The summed E-state index contributed by atoms with van der Waals surface area (Å²) in [5.41, 5.74) is -3.21. The van der Waals surface area contributed by atoms with Crippen molar-refractivity contribution in [2.24, 2.45) is 12.2 Å². The molecule has 4 nitrogen and oxygen atoms in total. The van der Waals surface area contributed by atoms with Crippen LogP contribution in [0.3, 0.4) is 0 Å². The second-order valence-corrected chi connectivity index (χ2v) is 6.69. The predicted molar refractivity (Wildman–Crippen MR) is 89.5 cm³/mol. The third kappa shape index (κ3) is 3.16. The van der Waals surface area contributed by atoms with Gasteiger partial charge in [-0.1, -0.05) is 33.9 Å². The van der Waals surface area contributed by atoms with Crippen LogP contribution in [0.4, 0.5) is 26.3 Å². The average Bonchev–Trinajstić information content (AvgIpc) is 3.16. The number of halogens is 6. The molecule has 0 saturated carbocycles. The van der Waals surface area contributed by atoms with Gasteiger partial charge in [0, 0.05) is 7.05 Å². The van der Waals surface area contributed by atoms with Crippen molar-refractivity contribution < 1.29 is 31.2 Å². The van der Waals surface area contributed by atoms with Crippen molar-refractivity contribution >= 4 is 19.0 Å². The third-order valence-corrected chi connectivity index (χ3v) is 4.70. The molecule has 0 spiro atoms. The summed E-state index contributed by atoms with van der Waals surface area (Å²) in [6.07, 6.45) is -10.7. The van der Waals surface area contributed by atoms with Crippen molar-refractivity contribution in [3.8, 4) is 0 Å². The lowest BCUT2D eigenvalue weighted by molar-refractivity contribution is -0.278. The fourth-order valence-corrected chi connectivity index (χ4v) is 3.15. The van der Waals surface area contributed by atoms with E-state index in [2.05, 4.69) is 10.3 Å². The number of alkyl halides is 6. The van der Waals surface area contributed by atoms with Crippen LogP contribution in [0.2, 0.25) is 0 Å². The number of hydrogen-bond donors (Lipinski definition) is 0. The molecule has 2 radical (unpaired) electrons. The van der Waals surface area contributed by atoms with Crippen LogP contribution in [-0.4, -0.2) is 29.5 Å². The van der Waals surface area contributed by atoms with Crippen LogP contribution < -0.4 is 5.46 Å². The molecule has 0 saturated heterocycles. The fraction of sp³-hybridized carbons (Fsp3) is 0.412. The van der Waals surface area contributed by atoms with Crippen molar-refractivity contribution in [3.05, 3.63) is 46.3 Å². The van der Waals surface area contributed by atoms with Crippen LogP contribution in [0.15, 0.2) is 23.4 Å². The molecule has 28 heavy (non-hydrogen) atoms. The molecule has 1 aromatic carbocycles. The molecule has 11 heteroatoms. The number of hydrogen-bond acceptors (Lipinski definition) is 3. The zero-order chi connectivity index (χ0) is 21.1. The summed E-state index contributed by atoms with van der Waals surface area (Å²) in [5.74, 6) is 0. The third-order valence-electron chi connectivity index (χ3n) is 4.70. The van der Waals surface area contributed by atoms with E-state index in [-0.39, 0.29) is 5.71 Å². The summed E-state index contributed by atoms with van der Waals surface area (Å²) in [5, 5.41) is 6.73. The van der Waals surface area contributed by atoms with Gasteiger partial charge in [-0.2, -0.15) is 31.4 Å². The van der Waals surface area contributed by atoms with Gasteiger partial charge in [0.1, 0.15) is 7.85 Å². The summed E-state index contributed by atoms with van der Waals surface area (Å²) in [4.78, 5) is 4.78. The maximum absolute atomic E-state index is 14.0. The number of aryl methyl sites for hydroxylation is 3. The first-order valence-electron chi connectivity index (χ1n) is 8.07. The van der Waals surface area contributed by atoms with Crippen LogP contribution in [0.25, 0.3) is 0 Å². The summed E-state index contributed by atoms with van der Waals surface area (Å²) < 4.78 is 81.2. The van der Waals surface area contributed by atoms with Gasteiger partial charge < -0.3 is 4.84 Å². The smallest absolute Gasteiger partial charge is 0.372 e. The van der Waals surface area contributed by atoms with Gasteiger partial charge in [0.15, 0.2) is 5.69 Å². The largest absolute Gasteiger partial charge is 0.437 e. The number of aromatic nitrogens is 2. The van der Waals surface area contributed by atoms with Crippen molar-refractivity contribution in [2.45, 2.75) is 38.2 Å². The highest BCUT2D eigenvalue weighted by molar-refractivity contribution is 6.34. The number of oxime groups is 1. The van der Waals surface area contributed by atoms with Gasteiger partial charge in [-0.15, -0.1) is 0 Å². The van der Waals surface area contributed by atoms with E-state index in [1.807, 2.05) is 0 Å². The van der Waals surface area contributed by atoms with E-state index in [0.717, 1.165) is 7.05 Å². The fourth-order valence-electron chi connectivity index (χ4n) is 3.15. The highest BCUT2D eigenvalue weighted by Gasteiger charge is 2.64. The molecule has 0 N–H and O–H groups in total. The Morgan fingerprint density at radius 2 is 1.64 bits per heavy atom. The SMILES string of the molecule is [B]c1c(C)cc(C2=NOC(c3cc(C(F)(F)F)nn3C)(C(F)(F)F)C2)cc1C. The van der Waals surface area contributed by atoms with E-state index in [0.29, 0.717) is 32.9 Å². The minimum atomic E-state index is -5.03. The molecule has 148 valence electrons. The van der Waals surface area contributed by atoms with Gasteiger partial charge in [0.05, 0.1) is 17.8 Å². The maximum Gasteiger partial charge on any atom is 0.437 e. The topological polar surface area (TPSA) is 39.4 Å². The summed E-state index contributed by atoms with van der Waals surface area (Å²) in [6, 6.07) is 3.45. The zero-order valence-electron chi connectivity index (χ0n) is 15.0. The zero-order valence-corrected chi connectivity index (χ0v) is 15.0. The quantitative estimate of drug-likeness (QED) is 0.572. The molecule has 1 unspecified atom stereocenters. The van der Waals surface area contributed by atoms with Gasteiger partial charge in [-0.3, -0.25) is 4.68 Å². The van der Waals surface area contributed by atoms with Gasteiger partial charge in [-0.05, 0) is 25.5 Å². The van der Waals surface area contributed by atoms with Crippen LogP contribution >= 0.6 is 0 Å². The Morgan fingerprint density at radius 1 is 1.07 bits per heavy atom. The van der Waals surface area contributed by atoms with Crippen molar-refractivity contribution in [3.63, 3.8) is 0 Å². The molecule has 0 amide bonds. The first-order valence-corrected chi connectivity index (χ1v) is 8.07. The van der Waals surface area contributed by atoms with Crippen molar-refractivity contribution in [1.29, 1.82) is 0 Å². The van der Waals surface area contributed by atoms with E-state index in [4.69, 9.17) is 12.7 Å². The molecule has 2 heterocycles. The van der Waals surface area contributed by atoms with E-state index in [1.54, 1.807) is 26.0 Å². The van der Waals surface area contributed by atoms with Gasteiger partial charge in [0.2, 0.25) is 0 Å². The second kappa shape index (κ2) is 6.28. The molecular formula is C17H14BF6N3O. The molecule has 0 aliphatic carbocycles. The van der Waals surface area contributed by atoms with Gasteiger partial charge in [0.25, 0.3) is 5.60 Å². The minimum absolute atomic E-state index is 0.0433. The molecule has 2 aromatic rings. The van der Waals surface area contributed by atoms with Gasteiger partial charge >= 0.3 is 12.4 Å². The number of nitrogens with zero attached hydrogens (tertiary/aromatic N) is 3. The molecular weight excluding hydrogens is 387 g/mol. The predicted octanol–water partition coefficient (Wildman–Crippen LogP) is 3.43. The Bertz CT molecular complexity index is 940. The lowest BCUT2D eigenvalue weighted by Crippen LogP contribution is -2.44. The Balaban J connectivity index is 2.07. The van der Waals surface area contributed by atoms with Gasteiger partial charge in [-0.25, -0.2) is 0 Å². The first kappa shape index (κ1) is 20.3. The monoisotopic (exact) mass is 401 g/mol.